The van der Waals surface area contributed by atoms with Crippen LogP contribution in [0, 0.1) is 5.92 Å². The molecule has 0 radical (unpaired) electrons. The SMILES string of the molecule is O=C(C[C@H](Cc1cc(Cl)c(O)c(C(F)(F)F)c1)C(=O)N1CCC(N2CCCCC2)CC1)N1CCC(n2c(=O)[nH]c3ccccc32)CC1. The number of nitrogens with zero attached hydrogens (tertiary/aromatic N) is 4. The number of H-pyrrole nitrogens is 1. The van der Waals surface area contributed by atoms with Crippen LogP contribution in [-0.2, 0) is 22.2 Å². The molecule has 3 saturated heterocycles. The van der Waals surface area contributed by atoms with Crippen LogP contribution in [0.25, 0.3) is 11.0 Å². The summed E-state index contributed by atoms with van der Waals surface area (Å²) >= 11 is 6.01. The molecule has 6 rings (SSSR count). The van der Waals surface area contributed by atoms with Crippen molar-refractivity contribution in [2.45, 2.75) is 76.0 Å². The average molecular weight is 676 g/mol. The number of piperidine rings is 3. The molecule has 2 N–H and O–H groups in total. The van der Waals surface area contributed by atoms with Gasteiger partial charge in [-0.15, -0.1) is 0 Å². The predicted octanol–water partition coefficient (Wildman–Crippen LogP) is 5.60. The standard InChI is InChI=1S/C34H41ClF3N5O4/c35-27-20-22(19-26(31(27)45)34(36,37)38)18-23(32(46)42-16-8-24(9-17-42)40-12-4-1-5-13-40)21-30(44)41-14-10-25(11-15-41)43-29-7-3-2-6-28(29)39-33(43)47/h2-3,6-7,19-20,23-25,45H,1,4-5,8-18,21H2,(H,39,47)/t23-/m0/s1. The molecule has 2 aromatic carbocycles. The van der Waals surface area contributed by atoms with Gasteiger partial charge in [-0.3, -0.25) is 14.2 Å². The van der Waals surface area contributed by atoms with E-state index in [0.717, 1.165) is 43.0 Å². The van der Waals surface area contributed by atoms with E-state index in [9.17, 15) is 32.7 Å². The third kappa shape index (κ3) is 7.33. The van der Waals surface area contributed by atoms with Gasteiger partial charge < -0.3 is 24.8 Å². The van der Waals surface area contributed by atoms with Crippen LogP contribution < -0.4 is 5.69 Å². The van der Waals surface area contributed by atoms with E-state index in [0.29, 0.717) is 45.1 Å². The van der Waals surface area contributed by atoms with E-state index in [1.807, 2.05) is 24.3 Å². The number of halogens is 4. The number of hydrogen-bond acceptors (Lipinski definition) is 5. The van der Waals surface area contributed by atoms with Gasteiger partial charge in [-0.25, -0.2) is 4.79 Å². The summed E-state index contributed by atoms with van der Waals surface area (Å²) < 4.78 is 42.8. The summed E-state index contributed by atoms with van der Waals surface area (Å²) in [5, 5.41) is 9.55. The summed E-state index contributed by atoms with van der Waals surface area (Å²) in [5.74, 6) is -2.46. The molecule has 9 nitrogen and oxygen atoms in total. The fourth-order valence-electron chi connectivity index (χ4n) is 7.66. The van der Waals surface area contributed by atoms with Gasteiger partial charge in [0.2, 0.25) is 11.8 Å². The number of para-hydroxylation sites is 2. The molecule has 0 aliphatic carbocycles. The predicted molar refractivity (Wildman–Crippen MR) is 172 cm³/mol. The highest BCUT2D eigenvalue weighted by atomic mass is 35.5. The number of aromatic amines is 1. The first-order valence-electron chi connectivity index (χ1n) is 16.6. The monoisotopic (exact) mass is 675 g/mol. The third-order valence-electron chi connectivity index (χ3n) is 10.2. The van der Waals surface area contributed by atoms with Gasteiger partial charge in [0.25, 0.3) is 0 Å². The van der Waals surface area contributed by atoms with Crippen molar-refractivity contribution in [3.8, 4) is 5.75 Å². The van der Waals surface area contributed by atoms with Gasteiger partial charge in [0, 0.05) is 44.7 Å². The molecule has 1 atom stereocenters. The van der Waals surface area contributed by atoms with Gasteiger partial charge in [0.05, 0.1) is 27.5 Å². The normalized spacial score (nSPS) is 19.7. The number of imidazole rings is 1. The Balaban J connectivity index is 1.16. The molecule has 0 unspecified atom stereocenters. The quantitative estimate of drug-likeness (QED) is 0.340. The molecule has 3 fully saturated rings. The number of carbonyl (C=O) groups is 2. The molecular formula is C34H41ClF3N5O4. The van der Waals surface area contributed by atoms with Crippen molar-refractivity contribution in [1.29, 1.82) is 0 Å². The molecule has 3 aliphatic heterocycles. The molecule has 47 heavy (non-hydrogen) atoms. The van der Waals surface area contributed by atoms with Crippen LogP contribution in [-0.4, -0.2) is 86.5 Å². The number of likely N-dealkylation sites (tertiary alicyclic amines) is 3. The number of phenolic OH excluding ortho intramolecular Hbond substituents is 1. The zero-order chi connectivity index (χ0) is 33.3. The van der Waals surface area contributed by atoms with Crippen LogP contribution in [0.2, 0.25) is 5.02 Å². The summed E-state index contributed by atoms with van der Waals surface area (Å²) in [5.41, 5.74) is 0.223. The number of nitrogens with one attached hydrogen (secondary N) is 1. The van der Waals surface area contributed by atoms with Crippen molar-refractivity contribution < 1.29 is 27.9 Å². The topological polar surface area (TPSA) is 102 Å². The summed E-state index contributed by atoms with van der Waals surface area (Å²) in [6.45, 7) is 3.95. The molecule has 4 heterocycles. The van der Waals surface area contributed by atoms with Crippen LogP contribution in [0.5, 0.6) is 5.75 Å². The zero-order valence-electron chi connectivity index (χ0n) is 26.3. The van der Waals surface area contributed by atoms with Crippen molar-refractivity contribution in [1.82, 2.24) is 24.3 Å². The Kier molecular flexibility index (Phi) is 9.89. The second-order valence-electron chi connectivity index (χ2n) is 13.2. The van der Waals surface area contributed by atoms with Crippen molar-refractivity contribution in [3.05, 3.63) is 63.0 Å². The number of aromatic nitrogens is 2. The van der Waals surface area contributed by atoms with Gasteiger partial charge in [0.15, 0.2) is 0 Å². The van der Waals surface area contributed by atoms with E-state index in [1.165, 1.54) is 25.3 Å². The molecule has 3 aromatic rings. The first-order chi connectivity index (χ1) is 22.5. The number of hydrogen-bond donors (Lipinski definition) is 2. The van der Waals surface area contributed by atoms with Crippen LogP contribution >= 0.6 is 11.6 Å². The minimum atomic E-state index is -4.84. The number of phenols is 1. The molecule has 13 heteroatoms. The Hall–Kier alpha value is -3.51. The smallest absolute Gasteiger partial charge is 0.420 e. The maximum Gasteiger partial charge on any atom is 0.420 e. The lowest BCUT2D eigenvalue weighted by Crippen LogP contribution is -2.50. The Morgan fingerprint density at radius 2 is 1.55 bits per heavy atom. The van der Waals surface area contributed by atoms with Gasteiger partial charge >= 0.3 is 11.9 Å². The maximum atomic E-state index is 14.0. The van der Waals surface area contributed by atoms with E-state index in [4.69, 9.17) is 11.6 Å². The lowest BCUT2D eigenvalue weighted by Gasteiger charge is -2.41. The van der Waals surface area contributed by atoms with E-state index in [-0.39, 0.29) is 42.0 Å². The maximum absolute atomic E-state index is 14.0. The highest BCUT2D eigenvalue weighted by Crippen LogP contribution is 2.41. The third-order valence-corrected chi connectivity index (χ3v) is 10.5. The average Bonchev–Trinajstić information content (AvgIpc) is 3.41. The highest BCUT2D eigenvalue weighted by molar-refractivity contribution is 6.32. The number of alkyl halides is 3. The van der Waals surface area contributed by atoms with Crippen molar-refractivity contribution in [2.24, 2.45) is 5.92 Å². The summed E-state index contributed by atoms with van der Waals surface area (Å²) in [6.07, 6.45) is 1.20. The van der Waals surface area contributed by atoms with E-state index < -0.39 is 28.4 Å². The van der Waals surface area contributed by atoms with Gasteiger partial charge in [-0.2, -0.15) is 13.2 Å². The molecule has 3 aliphatic rings. The fraction of sp³-hybridized carbons (Fsp3) is 0.559. The van der Waals surface area contributed by atoms with E-state index in [1.54, 1.807) is 14.4 Å². The molecular weight excluding hydrogens is 635 g/mol. The number of aromatic hydroxyl groups is 1. The Bertz CT molecular complexity index is 1650. The lowest BCUT2D eigenvalue weighted by atomic mass is 9.91. The number of amides is 2. The second kappa shape index (κ2) is 13.9. The van der Waals surface area contributed by atoms with E-state index >= 15 is 0 Å². The molecule has 254 valence electrons. The lowest BCUT2D eigenvalue weighted by molar-refractivity contribution is -0.143. The number of fused-ring (bicyclic) bond motifs is 1. The zero-order valence-corrected chi connectivity index (χ0v) is 27.0. The largest absolute Gasteiger partial charge is 0.506 e. The molecule has 0 bridgehead atoms. The second-order valence-corrected chi connectivity index (χ2v) is 13.6. The minimum absolute atomic E-state index is 0.0961. The van der Waals surface area contributed by atoms with Gasteiger partial charge in [-0.05, 0) is 87.9 Å². The van der Waals surface area contributed by atoms with Crippen molar-refractivity contribution >= 4 is 34.4 Å². The number of benzene rings is 2. The first kappa shape index (κ1) is 33.4. The van der Waals surface area contributed by atoms with Crippen molar-refractivity contribution in [2.75, 3.05) is 39.3 Å². The molecule has 1 aromatic heterocycles. The van der Waals surface area contributed by atoms with Gasteiger partial charge in [-0.1, -0.05) is 30.2 Å². The Morgan fingerprint density at radius 1 is 0.915 bits per heavy atom. The van der Waals surface area contributed by atoms with Crippen LogP contribution in [0.4, 0.5) is 13.2 Å². The van der Waals surface area contributed by atoms with E-state index in [2.05, 4.69) is 9.88 Å². The van der Waals surface area contributed by atoms with Crippen molar-refractivity contribution in [3.63, 3.8) is 0 Å². The number of carbonyl (C=O) groups excluding carboxylic acids is 2. The molecule has 2 amide bonds. The number of rotatable bonds is 7. The Labute approximate surface area is 276 Å². The summed E-state index contributed by atoms with van der Waals surface area (Å²) in [7, 11) is 0. The first-order valence-corrected chi connectivity index (χ1v) is 17.0. The van der Waals surface area contributed by atoms with Crippen LogP contribution in [0.3, 0.4) is 0 Å². The summed E-state index contributed by atoms with van der Waals surface area (Å²) in [4.78, 5) is 49.2. The Morgan fingerprint density at radius 3 is 2.23 bits per heavy atom. The molecule has 0 spiro atoms. The van der Waals surface area contributed by atoms with Crippen LogP contribution in [0.1, 0.15) is 68.5 Å². The van der Waals surface area contributed by atoms with Gasteiger partial charge in [0.1, 0.15) is 5.75 Å². The fourth-order valence-corrected chi connectivity index (χ4v) is 7.91. The minimum Gasteiger partial charge on any atom is -0.506 e. The summed E-state index contributed by atoms with van der Waals surface area (Å²) in [6, 6.07) is 9.82. The van der Waals surface area contributed by atoms with Crippen LogP contribution in [0.15, 0.2) is 41.2 Å². The molecule has 0 saturated carbocycles. The highest BCUT2D eigenvalue weighted by Gasteiger charge is 2.37.